The van der Waals surface area contributed by atoms with Crippen LogP contribution in [0.15, 0.2) is 70.0 Å². The van der Waals surface area contributed by atoms with Gasteiger partial charge in [0.15, 0.2) is 0 Å². The minimum Gasteiger partial charge on any atom is -0.455 e. The summed E-state index contributed by atoms with van der Waals surface area (Å²) in [6.45, 7) is 2.13. The Morgan fingerprint density at radius 3 is 2.45 bits per heavy atom. The Morgan fingerprint density at radius 1 is 0.862 bits per heavy atom. The predicted molar refractivity (Wildman–Crippen MR) is 128 cm³/mol. The van der Waals surface area contributed by atoms with Gasteiger partial charge < -0.3 is 4.42 Å². The largest absolute Gasteiger partial charge is 0.455 e. The second kappa shape index (κ2) is 6.51. The zero-order chi connectivity index (χ0) is 20.3. The van der Waals surface area contributed by atoms with E-state index < -0.39 is 10.0 Å². The smallest absolute Gasteiger partial charge is 0.144 e. The number of aromatic nitrogens is 1. The van der Waals surface area contributed by atoms with Gasteiger partial charge in [0.1, 0.15) is 11.2 Å². The van der Waals surface area contributed by atoms with Crippen LogP contribution in [-0.4, -0.2) is 23.8 Å². The summed E-state index contributed by atoms with van der Waals surface area (Å²) in [5, 5.41) is 4.16. The second-order valence-corrected chi connectivity index (χ2v) is 12.8. The van der Waals surface area contributed by atoms with Gasteiger partial charge in [-0.25, -0.2) is 15.0 Å². The van der Waals surface area contributed by atoms with Crippen molar-refractivity contribution in [3.8, 4) is 11.3 Å². The number of benzene rings is 3. The van der Waals surface area contributed by atoms with Gasteiger partial charge in [-0.05, 0) is 73.7 Å². The molecule has 0 spiro atoms. The molecule has 0 N–H and O–H groups in total. The van der Waals surface area contributed by atoms with E-state index in [-0.39, 0.29) is 0 Å². The maximum absolute atomic E-state index is 6.31. The topological polar surface area (TPSA) is 26.0 Å². The average molecular weight is 420 g/mol. The maximum atomic E-state index is 6.31. The molecule has 146 valence electrons. The first-order valence-electron chi connectivity index (χ1n) is 9.52. The van der Waals surface area contributed by atoms with Crippen LogP contribution in [0.2, 0.25) is 5.02 Å². The lowest BCUT2D eigenvalue weighted by molar-refractivity contribution is 0.669. The molecule has 0 unspecified atom stereocenters. The molecule has 5 rings (SSSR count). The van der Waals surface area contributed by atoms with Crippen molar-refractivity contribution < 1.29 is 4.42 Å². The summed E-state index contributed by atoms with van der Waals surface area (Å²) < 4.78 is 6.30. The zero-order valence-electron chi connectivity index (χ0n) is 16.9. The molecular formula is C25H22ClNOS. The van der Waals surface area contributed by atoms with E-state index in [1.165, 1.54) is 10.5 Å². The fraction of sp³-hybridized carbons (Fsp3) is 0.160. The number of furan rings is 1. The number of para-hydroxylation sites is 1. The highest BCUT2D eigenvalue weighted by Gasteiger charge is 2.19. The lowest BCUT2D eigenvalue weighted by atomic mass is 10.0. The molecule has 3 aromatic carbocycles. The monoisotopic (exact) mass is 419 g/mol. The molecule has 0 bridgehead atoms. The van der Waals surface area contributed by atoms with E-state index in [9.17, 15) is 0 Å². The number of pyridine rings is 1. The van der Waals surface area contributed by atoms with Gasteiger partial charge in [0.05, 0.1) is 11.2 Å². The van der Waals surface area contributed by atoms with Crippen LogP contribution in [0.3, 0.4) is 0 Å². The van der Waals surface area contributed by atoms with Crippen LogP contribution in [0.25, 0.3) is 44.1 Å². The molecule has 0 amide bonds. The molecule has 0 radical (unpaired) electrons. The van der Waals surface area contributed by atoms with Crippen molar-refractivity contribution in [1.82, 2.24) is 4.98 Å². The number of halogens is 1. The Hall–Kier alpha value is -2.49. The van der Waals surface area contributed by atoms with Crippen molar-refractivity contribution in [2.45, 2.75) is 11.8 Å². The molecule has 2 heterocycles. The van der Waals surface area contributed by atoms with E-state index in [1.807, 2.05) is 30.3 Å². The highest BCUT2D eigenvalue weighted by molar-refractivity contribution is 8.32. The number of hydrogen-bond donors (Lipinski definition) is 0. The van der Waals surface area contributed by atoms with Gasteiger partial charge in [-0.2, -0.15) is 0 Å². The fourth-order valence-corrected chi connectivity index (χ4v) is 5.43. The Balaban J connectivity index is 1.89. The predicted octanol–water partition coefficient (Wildman–Crippen LogP) is 7.82. The highest BCUT2D eigenvalue weighted by atomic mass is 35.5. The van der Waals surface area contributed by atoms with Gasteiger partial charge in [-0.1, -0.05) is 29.8 Å². The van der Waals surface area contributed by atoms with Gasteiger partial charge in [0.25, 0.3) is 0 Å². The quantitative estimate of drug-likeness (QED) is 0.291. The third-order valence-electron chi connectivity index (χ3n) is 5.29. The Kier molecular flexibility index (Phi) is 4.16. The lowest BCUT2D eigenvalue weighted by Gasteiger charge is -2.28. The van der Waals surface area contributed by atoms with Crippen LogP contribution in [-0.2, 0) is 0 Å². The van der Waals surface area contributed by atoms with Gasteiger partial charge in [-0.15, -0.1) is 0 Å². The first kappa shape index (κ1) is 18.5. The second-order valence-electron chi connectivity index (χ2n) is 8.29. The first-order chi connectivity index (χ1) is 13.8. The maximum Gasteiger partial charge on any atom is 0.144 e. The van der Waals surface area contributed by atoms with Gasteiger partial charge in [0.2, 0.25) is 0 Å². The van der Waals surface area contributed by atoms with Crippen molar-refractivity contribution in [1.29, 1.82) is 0 Å². The Morgan fingerprint density at radius 2 is 1.66 bits per heavy atom. The standard InChI is InChI=1S/C25H22ClNOS/c1-15-11-18-17-7-5-6-8-23(17)28-25(18)20(12-15)22-14-24(29(2,3)4)19-13-16(26)9-10-21(19)27-22/h5-14H,1-4H3. The van der Waals surface area contributed by atoms with Crippen LogP contribution in [0, 0.1) is 6.92 Å². The first-order valence-corrected chi connectivity index (χ1v) is 12.8. The summed E-state index contributed by atoms with van der Waals surface area (Å²) >= 11 is 6.31. The fourth-order valence-electron chi connectivity index (χ4n) is 3.97. The van der Waals surface area contributed by atoms with Gasteiger partial charge in [-0.3, -0.25) is 0 Å². The number of rotatable bonds is 2. The molecule has 5 aromatic rings. The number of hydrogen-bond acceptors (Lipinski definition) is 2. The molecule has 0 aliphatic heterocycles. The molecular weight excluding hydrogens is 398 g/mol. The molecule has 0 atom stereocenters. The molecule has 29 heavy (non-hydrogen) atoms. The van der Waals surface area contributed by atoms with Crippen LogP contribution in [0.5, 0.6) is 0 Å². The summed E-state index contributed by atoms with van der Waals surface area (Å²) in [7, 11) is -0.994. The van der Waals surface area contributed by atoms with E-state index in [4.69, 9.17) is 21.0 Å². The van der Waals surface area contributed by atoms with Crippen molar-refractivity contribution in [3.05, 3.63) is 71.2 Å². The molecule has 0 fully saturated rings. The van der Waals surface area contributed by atoms with Crippen LogP contribution >= 0.6 is 21.6 Å². The summed E-state index contributed by atoms with van der Waals surface area (Å²) in [6.07, 6.45) is 6.92. The van der Waals surface area contributed by atoms with Crippen molar-refractivity contribution in [3.63, 3.8) is 0 Å². The molecule has 4 heteroatoms. The molecule has 0 saturated heterocycles. The minimum atomic E-state index is -0.994. The zero-order valence-corrected chi connectivity index (χ0v) is 18.5. The number of aryl methyl sites for hydroxylation is 1. The van der Waals surface area contributed by atoms with E-state index in [2.05, 4.69) is 56.0 Å². The van der Waals surface area contributed by atoms with E-state index in [0.29, 0.717) is 0 Å². The molecule has 0 aliphatic carbocycles. The normalized spacial score (nSPS) is 12.9. The molecule has 0 saturated carbocycles. The molecule has 0 aliphatic rings. The highest BCUT2D eigenvalue weighted by Crippen LogP contribution is 2.50. The van der Waals surface area contributed by atoms with E-state index in [0.717, 1.165) is 49.1 Å². The number of fused-ring (bicyclic) bond motifs is 4. The summed E-state index contributed by atoms with van der Waals surface area (Å²) in [5.74, 6) is 0. The van der Waals surface area contributed by atoms with E-state index in [1.54, 1.807) is 0 Å². The summed E-state index contributed by atoms with van der Waals surface area (Å²) in [5.41, 5.74) is 5.95. The van der Waals surface area contributed by atoms with E-state index >= 15 is 0 Å². The summed E-state index contributed by atoms with van der Waals surface area (Å²) in [6, 6.07) is 20.8. The van der Waals surface area contributed by atoms with Gasteiger partial charge >= 0.3 is 0 Å². The minimum absolute atomic E-state index is 0.743. The third-order valence-corrected chi connectivity index (χ3v) is 7.18. The SMILES string of the molecule is Cc1cc(-c2cc(S(C)(C)C)c3cc(Cl)ccc3n2)c2oc3ccccc3c2c1. The van der Waals surface area contributed by atoms with Gasteiger partial charge in [0, 0.05) is 31.6 Å². The van der Waals surface area contributed by atoms with Crippen LogP contribution in [0.1, 0.15) is 5.56 Å². The van der Waals surface area contributed by atoms with Crippen LogP contribution < -0.4 is 0 Å². The molecule has 2 aromatic heterocycles. The number of nitrogens with zero attached hydrogens (tertiary/aromatic N) is 1. The Bertz CT molecular complexity index is 1410. The third kappa shape index (κ3) is 3.09. The van der Waals surface area contributed by atoms with Crippen molar-refractivity contribution >= 4 is 54.5 Å². The van der Waals surface area contributed by atoms with Crippen molar-refractivity contribution in [2.75, 3.05) is 18.8 Å². The Labute approximate surface area is 176 Å². The summed E-state index contributed by atoms with van der Waals surface area (Å²) in [4.78, 5) is 6.33. The average Bonchev–Trinajstić information content (AvgIpc) is 3.04. The lowest BCUT2D eigenvalue weighted by Crippen LogP contribution is -1.98. The van der Waals surface area contributed by atoms with Crippen molar-refractivity contribution in [2.24, 2.45) is 0 Å². The van der Waals surface area contributed by atoms with Crippen LogP contribution in [0.4, 0.5) is 0 Å². The molecule has 2 nitrogen and oxygen atoms in total.